The number of halogens is 3. The van der Waals surface area contributed by atoms with Gasteiger partial charge < -0.3 is 16.2 Å². The van der Waals surface area contributed by atoms with Gasteiger partial charge in [-0.15, -0.1) is 0 Å². The Bertz CT molecular complexity index is 690. The molecule has 2 rings (SSSR count). The third-order valence-electron chi connectivity index (χ3n) is 2.58. The third-order valence-corrected chi connectivity index (χ3v) is 2.58. The van der Waals surface area contributed by atoms with E-state index in [-0.39, 0.29) is 17.0 Å². The number of phenols is 1. The first-order chi connectivity index (χ1) is 9.40. The van der Waals surface area contributed by atoms with Crippen molar-refractivity contribution in [3.63, 3.8) is 0 Å². The number of aromatic hydroxyl groups is 1. The standard InChI is InChI=1S/C13H9F3N2O2/c14-7-2-4-9(12(16)11(7)15)18-13(20)6-1-3-8(17)10(19)5-6/h1-5,19H,17H2,(H,18,20). The van der Waals surface area contributed by atoms with E-state index in [0.29, 0.717) is 6.07 Å². The van der Waals surface area contributed by atoms with Crippen molar-refractivity contribution in [2.75, 3.05) is 11.1 Å². The van der Waals surface area contributed by atoms with Crippen LogP contribution >= 0.6 is 0 Å². The number of carbonyl (C=O) groups is 1. The number of benzene rings is 2. The number of hydrogen-bond acceptors (Lipinski definition) is 3. The second-order valence-corrected chi connectivity index (χ2v) is 3.95. The molecule has 0 bridgehead atoms. The molecule has 2 aromatic rings. The lowest BCUT2D eigenvalue weighted by Gasteiger charge is -2.08. The molecule has 0 saturated carbocycles. The lowest BCUT2D eigenvalue weighted by atomic mass is 10.1. The van der Waals surface area contributed by atoms with Crippen molar-refractivity contribution in [2.45, 2.75) is 0 Å². The predicted molar refractivity (Wildman–Crippen MR) is 66.8 cm³/mol. The molecule has 4 N–H and O–H groups in total. The van der Waals surface area contributed by atoms with Gasteiger partial charge >= 0.3 is 0 Å². The first-order valence-corrected chi connectivity index (χ1v) is 5.43. The SMILES string of the molecule is Nc1ccc(C(=O)Nc2ccc(F)c(F)c2F)cc1O. The normalized spacial score (nSPS) is 10.3. The van der Waals surface area contributed by atoms with Gasteiger partial charge in [0.15, 0.2) is 17.5 Å². The Hall–Kier alpha value is -2.70. The summed E-state index contributed by atoms with van der Waals surface area (Å²) in [7, 11) is 0. The molecule has 20 heavy (non-hydrogen) atoms. The average molecular weight is 282 g/mol. The smallest absolute Gasteiger partial charge is 0.255 e. The Labute approximate surface area is 111 Å². The number of carbonyl (C=O) groups excluding carboxylic acids is 1. The molecule has 0 aliphatic rings. The molecule has 2 aromatic carbocycles. The summed E-state index contributed by atoms with van der Waals surface area (Å²) in [4.78, 5) is 11.8. The van der Waals surface area contributed by atoms with Crippen molar-refractivity contribution in [2.24, 2.45) is 0 Å². The van der Waals surface area contributed by atoms with E-state index < -0.39 is 29.0 Å². The van der Waals surface area contributed by atoms with Crippen LogP contribution < -0.4 is 11.1 Å². The van der Waals surface area contributed by atoms with Crippen LogP contribution in [0.5, 0.6) is 5.75 Å². The zero-order valence-electron chi connectivity index (χ0n) is 9.95. The molecule has 0 aromatic heterocycles. The molecule has 0 fully saturated rings. The van der Waals surface area contributed by atoms with Gasteiger partial charge in [0, 0.05) is 5.56 Å². The van der Waals surface area contributed by atoms with Gasteiger partial charge in [0.05, 0.1) is 11.4 Å². The summed E-state index contributed by atoms with van der Waals surface area (Å²) in [5, 5.41) is 11.4. The number of rotatable bonds is 2. The lowest BCUT2D eigenvalue weighted by Crippen LogP contribution is -2.14. The van der Waals surface area contributed by atoms with Crippen LogP contribution in [0.25, 0.3) is 0 Å². The molecule has 0 unspecified atom stereocenters. The van der Waals surface area contributed by atoms with Crippen LogP contribution in [0.15, 0.2) is 30.3 Å². The first-order valence-electron chi connectivity index (χ1n) is 5.43. The second kappa shape index (κ2) is 5.12. The van der Waals surface area contributed by atoms with E-state index in [1.54, 1.807) is 0 Å². The molecular weight excluding hydrogens is 273 g/mol. The van der Waals surface area contributed by atoms with Crippen LogP contribution in [0.1, 0.15) is 10.4 Å². The van der Waals surface area contributed by atoms with Gasteiger partial charge in [0.1, 0.15) is 5.75 Å². The van der Waals surface area contributed by atoms with Gasteiger partial charge in [-0.2, -0.15) is 0 Å². The van der Waals surface area contributed by atoms with Crippen LogP contribution in [0.2, 0.25) is 0 Å². The van der Waals surface area contributed by atoms with E-state index >= 15 is 0 Å². The molecule has 4 nitrogen and oxygen atoms in total. The molecule has 0 atom stereocenters. The minimum Gasteiger partial charge on any atom is -0.506 e. The summed E-state index contributed by atoms with van der Waals surface area (Å²) < 4.78 is 39.1. The summed E-state index contributed by atoms with van der Waals surface area (Å²) in [5.74, 6) is -5.65. The highest BCUT2D eigenvalue weighted by molar-refractivity contribution is 6.04. The summed E-state index contributed by atoms with van der Waals surface area (Å²) in [6.07, 6.45) is 0. The van der Waals surface area contributed by atoms with Gasteiger partial charge in [-0.25, -0.2) is 13.2 Å². The summed E-state index contributed by atoms with van der Waals surface area (Å²) in [5.41, 5.74) is 4.92. The zero-order valence-corrected chi connectivity index (χ0v) is 9.95. The number of nitrogens with two attached hydrogens (primary N) is 1. The highest BCUT2D eigenvalue weighted by Crippen LogP contribution is 2.23. The van der Waals surface area contributed by atoms with E-state index in [4.69, 9.17) is 5.73 Å². The summed E-state index contributed by atoms with van der Waals surface area (Å²) in [6, 6.07) is 5.23. The molecule has 0 aliphatic carbocycles. The average Bonchev–Trinajstić information content (AvgIpc) is 2.42. The molecule has 104 valence electrons. The van der Waals surface area contributed by atoms with Crippen molar-refractivity contribution in [3.05, 3.63) is 53.3 Å². The molecule has 1 amide bonds. The molecule has 0 spiro atoms. The molecule has 7 heteroatoms. The number of nitrogen functional groups attached to an aromatic ring is 1. The maximum atomic E-state index is 13.4. The summed E-state index contributed by atoms with van der Waals surface area (Å²) in [6.45, 7) is 0. The van der Waals surface area contributed by atoms with Gasteiger partial charge in [0.25, 0.3) is 5.91 Å². The van der Waals surface area contributed by atoms with E-state index in [1.165, 1.54) is 12.1 Å². The monoisotopic (exact) mass is 282 g/mol. The van der Waals surface area contributed by atoms with E-state index in [1.807, 2.05) is 0 Å². The Morgan fingerprint density at radius 1 is 1.10 bits per heavy atom. The number of nitrogens with one attached hydrogen (secondary N) is 1. The van der Waals surface area contributed by atoms with E-state index in [9.17, 15) is 23.1 Å². The second-order valence-electron chi connectivity index (χ2n) is 3.95. The fourth-order valence-corrected chi connectivity index (χ4v) is 1.50. The zero-order chi connectivity index (χ0) is 14.9. The number of anilines is 2. The van der Waals surface area contributed by atoms with Crippen molar-refractivity contribution < 1.29 is 23.1 Å². The number of amides is 1. The van der Waals surface area contributed by atoms with Gasteiger partial charge in [-0.05, 0) is 30.3 Å². The Kier molecular flexibility index (Phi) is 3.51. The fraction of sp³-hybridized carbons (Fsp3) is 0. The Morgan fingerprint density at radius 2 is 1.80 bits per heavy atom. The minimum absolute atomic E-state index is 0.0131. The van der Waals surface area contributed by atoms with Gasteiger partial charge in [-0.3, -0.25) is 4.79 Å². The number of phenolic OH excluding ortho intramolecular Hbond substituents is 1. The maximum absolute atomic E-state index is 13.4. The highest BCUT2D eigenvalue weighted by atomic mass is 19.2. The van der Waals surface area contributed by atoms with Gasteiger partial charge in [0.2, 0.25) is 0 Å². The van der Waals surface area contributed by atoms with E-state index in [2.05, 4.69) is 5.32 Å². The summed E-state index contributed by atoms with van der Waals surface area (Å²) >= 11 is 0. The van der Waals surface area contributed by atoms with Crippen LogP contribution in [0.3, 0.4) is 0 Å². The van der Waals surface area contributed by atoms with Crippen LogP contribution in [0.4, 0.5) is 24.5 Å². The largest absolute Gasteiger partial charge is 0.506 e. The van der Waals surface area contributed by atoms with Crippen LogP contribution in [0, 0.1) is 17.5 Å². The van der Waals surface area contributed by atoms with E-state index in [0.717, 1.165) is 12.1 Å². The Morgan fingerprint density at radius 3 is 2.45 bits per heavy atom. The first kappa shape index (κ1) is 13.7. The topological polar surface area (TPSA) is 75.4 Å². The highest BCUT2D eigenvalue weighted by Gasteiger charge is 2.16. The Balaban J connectivity index is 2.28. The third kappa shape index (κ3) is 2.51. The predicted octanol–water partition coefficient (Wildman–Crippen LogP) is 2.64. The fourth-order valence-electron chi connectivity index (χ4n) is 1.50. The quantitative estimate of drug-likeness (QED) is 0.450. The maximum Gasteiger partial charge on any atom is 0.255 e. The lowest BCUT2D eigenvalue weighted by molar-refractivity contribution is 0.102. The molecule has 0 aliphatic heterocycles. The molecule has 0 saturated heterocycles. The van der Waals surface area contributed by atoms with Crippen molar-refractivity contribution in [1.29, 1.82) is 0 Å². The van der Waals surface area contributed by atoms with Crippen LogP contribution in [-0.2, 0) is 0 Å². The van der Waals surface area contributed by atoms with Gasteiger partial charge in [-0.1, -0.05) is 0 Å². The molecule has 0 heterocycles. The van der Waals surface area contributed by atoms with Crippen molar-refractivity contribution in [3.8, 4) is 5.75 Å². The van der Waals surface area contributed by atoms with Crippen molar-refractivity contribution >= 4 is 17.3 Å². The molecule has 0 radical (unpaired) electrons. The minimum atomic E-state index is -1.68. The number of hydrogen-bond donors (Lipinski definition) is 3. The van der Waals surface area contributed by atoms with Crippen molar-refractivity contribution in [1.82, 2.24) is 0 Å². The molecular formula is C13H9F3N2O2. The van der Waals surface area contributed by atoms with Crippen LogP contribution in [-0.4, -0.2) is 11.0 Å².